The van der Waals surface area contributed by atoms with E-state index in [0.717, 1.165) is 31.3 Å². The molecule has 4 aliphatic rings. The van der Waals surface area contributed by atoms with Gasteiger partial charge in [-0.05, 0) is 74.2 Å². The van der Waals surface area contributed by atoms with Gasteiger partial charge in [0.1, 0.15) is 6.61 Å². The van der Waals surface area contributed by atoms with E-state index in [4.69, 9.17) is 4.74 Å². The van der Waals surface area contributed by atoms with E-state index in [1.54, 1.807) is 6.08 Å². The van der Waals surface area contributed by atoms with E-state index in [-0.39, 0.29) is 35.4 Å². The predicted molar refractivity (Wildman–Crippen MR) is 114 cm³/mol. The minimum absolute atomic E-state index is 0.0325. The third-order valence-corrected chi connectivity index (χ3v) is 9.35. The summed E-state index contributed by atoms with van der Waals surface area (Å²) in [6.07, 6.45) is 6.48. The topological polar surface area (TPSA) is 101 Å². The molecule has 0 saturated heterocycles. The van der Waals surface area contributed by atoms with Gasteiger partial charge < -0.3 is 14.9 Å². The maximum absolute atomic E-state index is 13.1. The van der Waals surface area contributed by atoms with Gasteiger partial charge in [0, 0.05) is 18.3 Å². The molecule has 0 bridgehead atoms. The summed E-state index contributed by atoms with van der Waals surface area (Å²) >= 11 is 0. The second kappa shape index (κ2) is 7.80. The Morgan fingerprint density at radius 1 is 1.19 bits per heavy atom. The average Bonchev–Trinajstić information content (AvgIpc) is 3.00. The number of hydrogen-bond acceptors (Lipinski definition) is 6. The van der Waals surface area contributed by atoms with Crippen LogP contribution in [0.2, 0.25) is 0 Å². The summed E-state index contributed by atoms with van der Waals surface area (Å²) in [5, 5.41) is 21.3. The van der Waals surface area contributed by atoms with Crippen LogP contribution in [0.1, 0.15) is 78.6 Å². The summed E-state index contributed by atoms with van der Waals surface area (Å²) in [6.45, 7) is 5.39. The molecule has 6 nitrogen and oxygen atoms in total. The minimum atomic E-state index is -1.37. The van der Waals surface area contributed by atoms with Crippen molar-refractivity contribution in [3.63, 3.8) is 0 Å². The second-order valence-corrected chi connectivity index (χ2v) is 10.7. The number of allylic oxidation sites excluding steroid dienone is 1. The number of esters is 1. The Morgan fingerprint density at radius 2 is 1.94 bits per heavy atom. The van der Waals surface area contributed by atoms with E-state index in [2.05, 4.69) is 6.92 Å². The van der Waals surface area contributed by atoms with Crippen LogP contribution in [0.25, 0.3) is 0 Å². The average molecular weight is 433 g/mol. The molecule has 3 fully saturated rings. The van der Waals surface area contributed by atoms with Gasteiger partial charge in [0.25, 0.3) is 0 Å². The van der Waals surface area contributed by atoms with Crippen molar-refractivity contribution in [3.05, 3.63) is 11.6 Å². The highest BCUT2D eigenvalue weighted by Gasteiger charge is 2.70. The Labute approximate surface area is 184 Å². The zero-order valence-corrected chi connectivity index (χ0v) is 19.0. The molecule has 6 heteroatoms. The summed E-state index contributed by atoms with van der Waals surface area (Å²) in [4.78, 5) is 37.6. The molecule has 0 aromatic carbocycles. The lowest BCUT2D eigenvalue weighted by atomic mass is 9.45. The first-order chi connectivity index (χ1) is 14.6. The van der Waals surface area contributed by atoms with Crippen molar-refractivity contribution in [1.29, 1.82) is 0 Å². The van der Waals surface area contributed by atoms with Crippen molar-refractivity contribution in [1.82, 2.24) is 0 Å². The molecule has 0 radical (unpaired) electrons. The zero-order valence-electron chi connectivity index (χ0n) is 19.0. The van der Waals surface area contributed by atoms with Crippen molar-refractivity contribution >= 4 is 17.5 Å². The summed E-state index contributed by atoms with van der Waals surface area (Å²) in [5.74, 6) is -0.320. The normalized spacial score (nSPS) is 44.0. The van der Waals surface area contributed by atoms with Crippen LogP contribution in [0.5, 0.6) is 0 Å². The van der Waals surface area contributed by atoms with E-state index >= 15 is 0 Å². The minimum Gasteiger partial charge on any atom is -0.450 e. The SMILES string of the molecule is CCCC(=O)O[C@@]1(C(=O)CO)CC[C@@H]2[C@H]3CCC4=CC(=O)CC[C@@]4(C)[C@@H]3[C@H](O)C[C@]21C. The van der Waals surface area contributed by atoms with Crippen LogP contribution >= 0.6 is 0 Å². The Kier molecular flexibility index (Phi) is 5.70. The number of aliphatic hydroxyl groups is 2. The maximum atomic E-state index is 13.1. The number of ether oxygens (including phenoxy) is 1. The monoisotopic (exact) mass is 432 g/mol. The van der Waals surface area contributed by atoms with Gasteiger partial charge in [-0.1, -0.05) is 26.3 Å². The van der Waals surface area contributed by atoms with Gasteiger partial charge in [0.15, 0.2) is 11.4 Å². The molecule has 4 aliphatic carbocycles. The lowest BCUT2D eigenvalue weighted by Gasteiger charge is -2.60. The number of aliphatic hydroxyl groups excluding tert-OH is 2. The van der Waals surface area contributed by atoms with Crippen molar-refractivity contribution in [3.8, 4) is 0 Å². The number of ketones is 2. The Bertz CT molecular complexity index is 817. The molecule has 3 saturated carbocycles. The molecule has 0 spiro atoms. The molecule has 0 aromatic rings. The van der Waals surface area contributed by atoms with Crippen LogP contribution in [0.15, 0.2) is 11.6 Å². The van der Waals surface area contributed by atoms with Gasteiger partial charge >= 0.3 is 5.97 Å². The Morgan fingerprint density at radius 3 is 2.61 bits per heavy atom. The van der Waals surface area contributed by atoms with Crippen molar-refractivity contribution in [2.75, 3.05) is 6.61 Å². The summed E-state index contributed by atoms with van der Waals surface area (Å²) in [6, 6.07) is 0. The molecule has 0 amide bonds. The molecule has 172 valence electrons. The number of fused-ring (bicyclic) bond motifs is 5. The lowest BCUT2D eigenvalue weighted by Crippen LogP contribution is -2.63. The van der Waals surface area contributed by atoms with E-state index < -0.39 is 35.5 Å². The third-order valence-electron chi connectivity index (χ3n) is 9.35. The van der Waals surface area contributed by atoms with E-state index in [9.17, 15) is 24.6 Å². The predicted octanol–water partition coefficient (Wildman–Crippen LogP) is 3.13. The second-order valence-electron chi connectivity index (χ2n) is 10.7. The van der Waals surface area contributed by atoms with Gasteiger partial charge in [-0.2, -0.15) is 0 Å². The van der Waals surface area contributed by atoms with Gasteiger partial charge in [-0.3, -0.25) is 14.4 Å². The third kappa shape index (κ3) is 3.16. The first kappa shape index (κ1) is 22.7. The molecule has 0 unspecified atom stereocenters. The lowest BCUT2D eigenvalue weighted by molar-refractivity contribution is -0.202. The molecule has 4 rings (SSSR count). The first-order valence-electron chi connectivity index (χ1n) is 11.9. The fourth-order valence-electron chi connectivity index (χ4n) is 7.94. The van der Waals surface area contributed by atoms with Crippen LogP contribution in [0, 0.1) is 28.6 Å². The Hall–Kier alpha value is -1.53. The largest absolute Gasteiger partial charge is 0.450 e. The van der Waals surface area contributed by atoms with Crippen LogP contribution in [0.4, 0.5) is 0 Å². The zero-order chi connectivity index (χ0) is 22.6. The van der Waals surface area contributed by atoms with E-state index in [1.165, 1.54) is 0 Å². The van der Waals surface area contributed by atoms with Gasteiger partial charge in [0.2, 0.25) is 5.78 Å². The van der Waals surface area contributed by atoms with Crippen LogP contribution in [-0.2, 0) is 19.1 Å². The molecule has 7 atom stereocenters. The van der Waals surface area contributed by atoms with E-state index in [0.29, 0.717) is 25.7 Å². The highest BCUT2D eigenvalue weighted by molar-refractivity contribution is 5.92. The van der Waals surface area contributed by atoms with Crippen LogP contribution in [-0.4, -0.2) is 46.1 Å². The fraction of sp³-hybridized carbons (Fsp3) is 0.800. The molecule has 0 aliphatic heterocycles. The van der Waals surface area contributed by atoms with Gasteiger partial charge in [-0.15, -0.1) is 0 Å². The van der Waals surface area contributed by atoms with Crippen molar-refractivity contribution < 1.29 is 29.3 Å². The maximum Gasteiger partial charge on any atom is 0.306 e. The van der Waals surface area contributed by atoms with Crippen LogP contribution < -0.4 is 0 Å². The van der Waals surface area contributed by atoms with Crippen molar-refractivity contribution in [2.24, 2.45) is 28.6 Å². The molecular formula is C25H36O6. The number of rotatable bonds is 5. The van der Waals surface area contributed by atoms with Gasteiger partial charge in [0.05, 0.1) is 6.10 Å². The van der Waals surface area contributed by atoms with E-state index in [1.807, 2.05) is 13.8 Å². The summed E-state index contributed by atoms with van der Waals surface area (Å²) in [7, 11) is 0. The summed E-state index contributed by atoms with van der Waals surface area (Å²) < 4.78 is 5.92. The standard InChI is InChI=1S/C25H36O6/c1-4-5-21(30)31-25(20(29)14-26)11-9-18-17-7-6-15-12-16(27)8-10-23(15,2)22(17)19(28)13-24(18,25)3/h12,17-19,22,26,28H,4-11,13-14H2,1-3H3/t17-,18-,19-,22+,23-,24-,25-/m1/s1. The number of Topliss-reactive ketones (excluding diaryl/α,β-unsaturated/α-hetero) is 1. The van der Waals surface area contributed by atoms with Crippen molar-refractivity contribution in [2.45, 2.75) is 90.3 Å². The number of hydrogen-bond donors (Lipinski definition) is 2. The highest BCUT2D eigenvalue weighted by atomic mass is 16.6. The van der Waals surface area contributed by atoms with Crippen LogP contribution in [0.3, 0.4) is 0 Å². The number of carbonyl (C=O) groups is 3. The molecule has 2 N–H and O–H groups in total. The molecular weight excluding hydrogens is 396 g/mol. The fourth-order valence-corrected chi connectivity index (χ4v) is 7.94. The molecule has 0 aromatic heterocycles. The van der Waals surface area contributed by atoms with Gasteiger partial charge in [-0.25, -0.2) is 0 Å². The highest BCUT2D eigenvalue weighted by Crippen LogP contribution is 2.68. The molecule has 31 heavy (non-hydrogen) atoms. The summed E-state index contributed by atoms with van der Waals surface area (Å²) in [5.41, 5.74) is -1.12. The quantitative estimate of drug-likeness (QED) is 0.648. The smallest absolute Gasteiger partial charge is 0.306 e. The number of carbonyl (C=O) groups excluding carboxylic acids is 3. The Balaban J connectivity index is 1.73. The first-order valence-corrected chi connectivity index (χ1v) is 11.9. The molecule has 0 heterocycles.